The summed E-state index contributed by atoms with van der Waals surface area (Å²) < 4.78 is 40.8. The Labute approximate surface area is 131 Å². The van der Waals surface area contributed by atoms with Crippen molar-refractivity contribution >= 4 is 31.6 Å². The van der Waals surface area contributed by atoms with Crippen LogP contribution in [-0.2, 0) is 10.0 Å². The van der Waals surface area contributed by atoms with Crippen molar-refractivity contribution in [2.45, 2.75) is 23.8 Å². The Hall–Kier alpha value is -0.700. The third-order valence-electron chi connectivity index (χ3n) is 4.45. The highest BCUT2D eigenvalue weighted by molar-refractivity contribution is 9.10. The lowest BCUT2D eigenvalue weighted by Gasteiger charge is -2.19. The van der Waals surface area contributed by atoms with Gasteiger partial charge in [-0.1, -0.05) is 0 Å². The van der Waals surface area contributed by atoms with Gasteiger partial charge in [0.05, 0.1) is 6.10 Å². The lowest BCUT2D eigenvalue weighted by Crippen LogP contribution is -2.31. The molecule has 1 aromatic rings. The molecule has 3 unspecified atom stereocenters. The van der Waals surface area contributed by atoms with Gasteiger partial charge in [-0.2, -0.15) is 4.31 Å². The maximum absolute atomic E-state index is 14.0. The molecule has 21 heavy (non-hydrogen) atoms. The van der Waals surface area contributed by atoms with Crippen LogP contribution in [-0.4, -0.2) is 37.0 Å². The molecule has 3 atom stereocenters. The SMILES string of the molecule is Nc1cc(S(=O)(=O)N2CC3CCC(O)C3C2)c(F)cc1Br. The molecule has 1 aliphatic carbocycles. The number of halogens is 2. The third kappa shape index (κ3) is 2.48. The molecule has 2 fully saturated rings. The molecule has 0 radical (unpaired) electrons. The van der Waals surface area contributed by atoms with E-state index in [1.165, 1.54) is 4.31 Å². The zero-order valence-electron chi connectivity index (χ0n) is 11.2. The van der Waals surface area contributed by atoms with E-state index in [1.54, 1.807) is 0 Å². The van der Waals surface area contributed by atoms with Crippen LogP contribution in [0.4, 0.5) is 10.1 Å². The van der Waals surface area contributed by atoms with Gasteiger partial charge in [-0.15, -0.1) is 0 Å². The summed E-state index contributed by atoms with van der Waals surface area (Å²) in [5, 5.41) is 9.87. The van der Waals surface area contributed by atoms with Gasteiger partial charge in [0, 0.05) is 29.2 Å². The average molecular weight is 379 g/mol. The third-order valence-corrected chi connectivity index (χ3v) is 6.99. The minimum Gasteiger partial charge on any atom is -0.398 e. The molecule has 1 saturated heterocycles. The smallest absolute Gasteiger partial charge is 0.246 e. The van der Waals surface area contributed by atoms with E-state index in [9.17, 15) is 17.9 Å². The monoisotopic (exact) mass is 378 g/mol. The van der Waals surface area contributed by atoms with Crippen molar-refractivity contribution in [1.82, 2.24) is 4.31 Å². The van der Waals surface area contributed by atoms with Crippen LogP contribution >= 0.6 is 15.9 Å². The first-order chi connectivity index (χ1) is 9.80. The zero-order chi connectivity index (χ0) is 15.4. The lowest BCUT2D eigenvalue weighted by molar-refractivity contribution is 0.129. The number of benzene rings is 1. The molecule has 116 valence electrons. The van der Waals surface area contributed by atoms with Crippen molar-refractivity contribution in [3.63, 3.8) is 0 Å². The maximum atomic E-state index is 14.0. The Morgan fingerprint density at radius 2 is 2.05 bits per heavy atom. The maximum Gasteiger partial charge on any atom is 0.246 e. The number of fused-ring (bicyclic) bond motifs is 1. The van der Waals surface area contributed by atoms with Crippen molar-refractivity contribution < 1.29 is 17.9 Å². The van der Waals surface area contributed by atoms with Crippen molar-refractivity contribution in [3.8, 4) is 0 Å². The van der Waals surface area contributed by atoms with Gasteiger partial charge in [0.1, 0.15) is 10.7 Å². The van der Waals surface area contributed by atoms with Crippen LogP contribution in [0.5, 0.6) is 0 Å². The molecule has 1 aromatic carbocycles. The van der Waals surface area contributed by atoms with Crippen LogP contribution in [0.1, 0.15) is 12.8 Å². The van der Waals surface area contributed by atoms with Gasteiger partial charge >= 0.3 is 0 Å². The van der Waals surface area contributed by atoms with Crippen molar-refractivity contribution in [2.75, 3.05) is 18.8 Å². The fourth-order valence-electron chi connectivity index (χ4n) is 3.27. The zero-order valence-corrected chi connectivity index (χ0v) is 13.6. The minimum absolute atomic E-state index is 0.0457. The summed E-state index contributed by atoms with van der Waals surface area (Å²) in [4.78, 5) is -0.405. The molecule has 8 heteroatoms. The molecule has 1 aliphatic heterocycles. The van der Waals surface area contributed by atoms with E-state index in [4.69, 9.17) is 5.73 Å². The van der Waals surface area contributed by atoms with Crippen LogP contribution in [0.2, 0.25) is 0 Å². The number of hydrogen-bond donors (Lipinski definition) is 2. The molecule has 0 spiro atoms. The Morgan fingerprint density at radius 3 is 2.71 bits per heavy atom. The number of anilines is 1. The lowest BCUT2D eigenvalue weighted by atomic mass is 10.00. The Bertz CT molecular complexity index is 682. The number of rotatable bonds is 2. The molecule has 0 bridgehead atoms. The summed E-state index contributed by atoms with van der Waals surface area (Å²) in [6, 6.07) is 2.20. The van der Waals surface area contributed by atoms with E-state index >= 15 is 0 Å². The number of aliphatic hydroxyl groups excluding tert-OH is 1. The topological polar surface area (TPSA) is 83.6 Å². The second kappa shape index (κ2) is 5.19. The number of sulfonamides is 1. The van der Waals surface area contributed by atoms with Crippen LogP contribution in [0.15, 0.2) is 21.5 Å². The van der Waals surface area contributed by atoms with E-state index in [1.807, 2.05) is 0 Å². The largest absolute Gasteiger partial charge is 0.398 e. The van der Waals surface area contributed by atoms with E-state index in [-0.39, 0.29) is 24.1 Å². The molecular formula is C13H16BrFN2O3S. The summed E-state index contributed by atoms with van der Waals surface area (Å²) in [6.45, 7) is 0.572. The van der Waals surface area contributed by atoms with Crippen molar-refractivity contribution in [3.05, 3.63) is 22.4 Å². The van der Waals surface area contributed by atoms with Gasteiger partial charge in [0.2, 0.25) is 10.0 Å². The van der Waals surface area contributed by atoms with Gasteiger partial charge in [-0.05, 0) is 46.8 Å². The van der Waals surface area contributed by atoms with Gasteiger partial charge in [0.15, 0.2) is 0 Å². The first kappa shape index (κ1) is 15.2. The summed E-state index contributed by atoms with van der Waals surface area (Å²) in [5.74, 6) is -0.713. The first-order valence-corrected chi connectivity index (χ1v) is 8.96. The van der Waals surface area contributed by atoms with Crippen molar-refractivity contribution in [2.24, 2.45) is 11.8 Å². The molecule has 3 rings (SSSR count). The number of hydrogen-bond acceptors (Lipinski definition) is 4. The summed E-state index contributed by atoms with van der Waals surface area (Å²) in [5.41, 5.74) is 5.84. The Kier molecular flexibility index (Phi) is 3.76. The highest BCUT2D eigenvalue weighted by atomic mass is 79.9. The number of nitrogen functional groups attached to an aromatic ring is 1. The molecule has 0 aromatic heterocycles. The highest BCUT2D eigenvalue weighted by Gasteiger charge is 2.46. The van der Waals surface area contributed by atoms with Gasteiger partial charge in [-0.25, -0.2) is 12.8 Å². The highest BCUT2D eigenvalue weighted by Crippen LogP contribution is 2.40. The molecular weight excluding hydrogens is 363 g/mol. The summed E-state index contributed by atoms with van der Waals surface area (Å²) in [6.07, 6.45) is 1.06. The van der Waals surface area contributed by atoms with Gasteiger partial charge in [-0.3, -0.25) is 0 Å². The molecule has 2 aliphatic rings. The molecule has 5 nitrogen and oxygen atoms in total. The van der Waals surface area contributed by atoms with Crippen LogP contribution in [0, 0.1) is 17.7 Å². The summed E-state index contributed by atoms with van der Waals surface area (Å²) >= 11 is 3.07. The number of nitrogens with two attached hydrogens (primary N) is 1. The molecule has 0 amide bonds. The van der Waals surface area contributed by atoms with E-state index in [2.05, 4.69) is 15.9 Å². The van der Waals surface area contributed by atoms with Crippen molar-refractivity contribution in [1.29, 1.82) is 0 Å². The summed E-state index contributed by atoms with van der Waals surface area (Å²) in [7, 11) is -3.93. The predicted molar refractivity (Wildman–Crippen MR) is 79.5 cm³/mol. The van der Waals surface area contributed by atoms with E-state index < -0.39 is 26.8 Å². The Balaban J connectivity index is 1.94. The second-order valence-corrected chi connectivity index (χ2v) is 8.46. The minimum atomic E-state index is -3.93. The molecule has 1 saturated carbocycles. The normalized spacial score (nSPS) is 29.8. The standard InChI is InChI=1S/C13H16BrFN2O3S/c14-9-3-10(15)13(4-11(9)16)21(19,20)17-5-7-1-2-12(18)8(7)6-17/h3-4,7-8,12,18H,1-2,5-6,16H2. The first-order valence-electron chi connectivity index (χ1n) is 6.73. The quantitative estimate of drug-likeness (QED) is 0.764. The second-order valence-electron chi connectivity index (χ2n) is 5.69. The molecule has 3 N–H and O–H groups in total. The predicted octanol–water partition coefficient (Wildman–Crippen LogP) is 1.56. The van der Waals surface area contributed by atoms with Crippen LogP contribution in [0.25, 0.3) is 0 Å². The van der Waals surface area contributed by atoms with Gasteiger partial charge in [0.25, 0.3) is 0 Å². The number of aliphatic hydroxyl groups is 1. The Morgan fingerprint density at radius 1 is 1.33 bits per heavy atom. The van der Waals surface area contributed by atoms with Gasteiger partial charge < -0.3 is 10.8 Å². The van der Waals surface area contributed by atoms with E-state index in [0.29, 0.717) is 17.4 Å². The average Bonchev–Trinajstić information content (AvgIpc) is 2.97. The molecule has 1 heterocycles. The fraction of sp³-hybridized carbons (Fsp3) is 0.538. The van der Waals surface area contributed by atoms with Crippen LogP contribution < -0.4 is 5.73 Å². The van der Waals surface area contributed by atoms with E-state index in [0.717, 1.165) is 18.6 Å². The number of nitrogens with zero attached hydrogens (tertiary/aromatic N) is 1. The fourth-order valence-corrected chi connectivity index (χ4v) is 5.20. The van der Waals surface area contributed by atoms with Crippen LogP contribution in [0.3, 0.4) is 0 Å².